The molecule has 1 N–H and O–H groups in total. The molecule has 4 nitrogen and oxygen atoms in total. The lowest BCUT2D eigenvalue weighted by Gasteiger charge is -2.13. The standard InChI is InChI=1S/C15H17N3OS/c1-18(2)12-8-6-11(7-9-12)17-14(19)13-5-4-10-16-15(13)20-3/h4-10H,1-3H3,(H,17,19). The minimum absolute atomic E-state index is 0.139. The molecule has 5 heteroatoms. The summed E-state index contributed by atoms with van der Waals surface area (Å²) in [6.45, 7) is 0. The van der Waals surface area contributed by atoms with Crippen molar-refractivity contribution in [1.82, 2.24) is 4.98 Å². The summed E-state index contributed by atoms with van der Waals surface area (Å²) in [6, 6.07) is 11.3. The molecule has 0 radical (unpaired) electrons. The average Bonchev–Trinajstić information content (AvgIpc) is 2.47. The topological polar surface area (TPSA) is 45.2 Å². The summed E-state index contributed by atoms with van der Waals surface area (Å²) < 4.78 is 0. The Hall–Kier alpha value is -2.01. The van der Waals surface area contributed by atoms with E-state index in [1.54, 1.807) is 18.3 Å². The first-order valence-electron chi connectivity index (χ1n) is 6.19. The fraction of sp³-hybridized carbons (Fsp3) is 0.200. The number of anilines is 2. The highest BCUT2D eigenvalue weighted by molar-refractivity contribution is 7.98. The number of nitrogens with one attached hydrogen (secondary N) is 1. The lowest BCUT2D eigenvalue weighted by Crippen LogP contribution is -2.14. The Morgan fingerprint density at radius 1 is 1.20 bits per heavy atom. The van der Waals surface area contributed by atoms with E-state index in [1.165, 1.54) is 11.8 Å². The van der Waals surface area contributed by atoms with Crippen molar-refractivity contribution >= 4 is 29.0 Å². The van der Waals surface area contributed by atoms with Crippen LogP contribution in [-0.4, -0.2) is 31.2 Å². The summed E-state index contributed by atoms with van der Waals surface area (Å²) in [5, 5.41) is 3.62. The maximum absolute atomic E-state index is 12.2. The Morgan fingerprint density at radius 3 is 2.50 bits per heavy atom. The molecule has 0 fully saturated rings. The van der Waals surface area contributed by atoms with Gasteiger partial charge in [-0.3, -0.25) is 4.79 Å². The molecule has 1 aromatic carbocycles. The van der Waals surface area contributed by atoms with E-state index in [2.05, 4.69) is 10.3 Å². The molecular weight excluding hydrogens is 270 g/mol. The fourth-order valence-corrected chi connectivity index (χ4v) is 2.31. The number of hydrogen-bond donors (Lipinski definition) is 1. The number of nitrogens with zero attached hydrogens (tertiary/aromatic N) is 2. The van der Waals surface area contributed by atoms with Gasteiger partial charge in [0.1, 0.15) is 5.03 Å². The SMILES string of the molecule is CSc1ncccc1C(=O)Nc1ccc(N(C)C)cc1. The third kappa shape index (κ3) is 3.30. The minimum atomic E-state index is -0.139. The quantitative estimate of drug-likeness (QED) is 0.878. The van der Waals surface area contributed by atoms with Gasteiger partial charge in [-0.05, 0) is 42.7 Å². The first kappa shape index (κ1) is 14.4. The highest BCUT2D eigenvalue weighted by atomic mass is 32.2. The summed E-state index contributed by atoms with van der Waals surface area (Å²) in [5.41, 5.74) is 2.46. The number of carbonyl (C=O) groups excluding carboxylic acids is 1. The normalized spacial score (nSPS) is 10.2. The van der Waals surface area contributed by atoms with Gasteiger partial charge in [0.2, 0.25) is 0 Å². The molecule has 0 bridgehead atoms. The molecule has 0 saturated carbocycles. The van der Waals surface area contributed by atoms with Gasteiger partial charge in [-0.1, -0.05) is 0 Å². The van der Waals surface area contributed by atoms with Crippen LogP contribution in [0.1, 0.15) is 10.4 Å². The van der Waals surface area contributed by atoms with Crippen molar-refractivity contribution in [2.75, 3.05) is 30.6 Å². The highest BCUT2D eigenvalue weighted by Crippen LogP contribution is 2.20. The van der Waals surface area contributed by atoms with E-state index in [0.717, 1.165) is 16.4 Å². The van der Waals surface area contributed by atoms with Crippen LogP contribution in [0.15, 0.2) is 47.6 Å². The largest absolute Gasteiger partial charge is 0.378 e. The van der Waals surface area contributed by atoms with Gasteiger partial charge in [0.25, 0.3) is 5.91 Å². The molecule has 1 heterocycles. The van der Waals surface area contributed by atoms with E-state index in [0.29, 0.717) is 5.56 Å². The molecule has 20 heavy (non-hydrogen) atoms. The van der Waals surface area contributed by atoms with E-state index in [9.17, 15) is 4.79 Å². The average molecular weight is 287 g/mol. The van der Waals surface area contributed by atoms with Crippen LogP contribution in [0, 0.1) is 0 Å². The van der Waals surface area contributed by atoms with Gasteiger partial charge in [-0.25, -0.2) is 4.98 Å². The van der Waals surface area contributed by atoms with Crippen molar-refractivity contribution in [3.8, 4) is 0 Å². The van der Waals surface area contributed by atoms with Gasteiger partial charge in [0, 0.05) is 31.7 Å². The monoisotopic (exact) mass is 287 g/mol. The van der Waals surface area contributed by atoms with Crippen molar-refractivity contribution in [3.05, 3.63) is 48.2 Å². The van der Waals surface area contributed by atoms with Crippen molar-refractivity contribution < 1.29 is 4.79 Å². The molecule has 0 aliphatic heterocycles. The molecule has 2 rings (SSSR count). The lowest BCUT2D eigenvalue weighted by molar-refractivity contribution is 0.102. The Labute approximate surface area is 123 Å². The second-order valence-corrected chi connectivity index (χ2v) is 5.25. The number of thioether (sulfide) groups is 1. The van der Waals surface area contributed by atoms with E-state index in [1.807, 2.05) is 49.5 Å². The molecule has 104 valence electrons. The van der Waals surface area contributed by atoms with E-state index >= 15 is 0 Å². The summed E-state index contributed by atoms with van der Waals surface area (Å²) >= 11 is 1.46. The Kier molecular flexibility index (Phi) is 4.63. The minimum Gasteiger partial charge on any atom is -0.378 e. The van der Waals surface area contributed by atoms with Crippen LogP contribution in [0.4, 0.5) is 11.4 Å². The van der Waals surface area contributed by atoms with Crippen molar-refractivity contribution in [1.29, 1.82) is 0 Å². The number of benzene rings is 1. The second kappa shape index (κ2) is 6.43. The van der Waals surface area contributed by atoms with E-state index in [4.69, 9.17) is 0 Å². The summed E-state index contributed by atoms with van der Waals surface area (Å²) in [4.78, 5) is 18.4. The van der Waals surface area contributed by atoms with Crippen molar-refractivity contribution in [2.45, 2.75) is 5.03 Å². The third-order valence-corrected chi connectivity index (χ3v) is 3.56. The molecular formula is C15H17N3OS. The van der Waals surface area contributed by atoms with Crippen molar-refractivity contribution in [3.63, 3.8) is 0 Å². The van der Waals surface area contributed by atoms with Crippen LogP contribution < -0.4 is 10.2 Å². The van der Waals surface area contributed by atoms with Gasteiger partial charge in [0.05, 0.1) is 5.56 Å². The zero-order valence-corrected chi connectivity index (χ0v) is 12.6. The van der Waals surface area contributed by atoms with Crippen molar-refractivity contribution in [2.24, 2.45) is 0 Å². The lowest BCUT2D eigenvalue weighted by atomic mass is 10.2. The second-order valence-electron chi connectivity index (χ2n) is 4.46. The summed E-state index contributed by atoms with van der Waals surface area (Å²) in [6.07, 6.45) is 3.60. The third-order valence-electron chi connectivity index (χ3n) is 2.85. The van der Waals surface area contributed by atoms with Crippen LogP contribution in [0.2, 0.25) is 0 Å². The van der Waals surface area contributed by atoms with Crippen LogP contribution >= 0.6 is 11.8 Å². The van der Waals surface area contributed by atoms with Crippen LogP contribution in [-0.2, 0) is 0 Å². The number of pyridine rings is 1. The Morgan fingerprint density at radius 2 is 1.90 bits per heavy atom. The predicted molar refractivity (Wildman–Crippen MR) is 84.7 cm³/mol. The number of aromatic nitrogens is 1. The first-order valence-corrected chi connectivity index (χ1v) is 7.42. The maximum atomic E-state index is 12.2. The van der Waals surface area contributed by atoms with E-state index < -0.39 is 0 Å². The van der Waals surface area contributed by atoms with Crippen LogP contribution in [0.25, 0.3) is 0 Å². The van der Waals surface area contributed by atoms with Gasteiger partial charge < -0.3 is 10.2 Å². The van der Waals surface area contributed by atoms with Gasteiger partial charge in [-0.2, -0.15) is 0 Å². The molecule has 0 spiro atoms. The number of rotatable bonds is 4. The Balaban J connectivity index is 2.15. The summed E-state index contributed by atoms with van der Waals surface area (Å²) in [7, 11) is 3.96. The molecule has 0 atom stereocenters. The maximum Gasteiger partial charge on any atom is 0.258 e. The molecule has 0 aliphatic carbocycles. The van der Waals surface area contributed by atoms with E-state index in [-0.39, 0.29) is 5.91 Å². The summed E-state index contributed by atoms with van der Waals surface area (Å²) in [5.74, 6) is -0.139. The number of amides is 1. The molecule has 0 saturated heterocycles. The molecule has 1 amide bonds. The zero-order chi connectivity index (χ0) is 14.5. The molecule has 2 aromatic rings. The Bertz CT molecular complexity index is 596. The van der Waals surface area contributed by atoms with Gasteiger partial charge in [-0.15, -0.1) is 11.8 Å². The number of carbonyl (C=O) groups is 1. The number of hydrogen-bond acceptors (Lipinski definition) is 4. The molecule has 0 aliphatic rings. The fourth-order valence-electron chi connectivity index (χ4n) is 1.77. The predicted octanol–water partition coefficient (Wildman–Crippen LogP) is 3.12. The van der Waals surface area contributed by atoms with Gasteiger partial charge >= 0.3 is 0 Å². The highest BCUT2D eigenvalue weighted by Gasteiger charge is 2.11. The van der Waals surface area contributed by atoms with Crippen LogP contribution in [0.5, 0.6) is 0 Å². The van der Waals surface area contributed by atoms with Gasteiger partial charge in [0.15, 0.2) is 0 Å². The molecule has 1 aromatic heterocycles. The molecule has 0 unspecified atom stereocenters. The van der Waals surface area contributed by atoms with Crippen LogP contribution in [0.3, 0.4) is 0 Å². The smallest absolute Gasteiger partial charge is 0.258 e. The first-order chi connectivity index (χ1) is 9.61. The zero-order valence-electron chi connectivity index (χ0n) is 11.8.